The summed E-state index contributed by atoms with van der Waals surface area (Å²) in [7, 11) is 3.92. The molecule has 0 N–H and O–H groups in total. The van der Waals surface area contributed by atoms with Gasteiger partial charge in [0.15, 0.2) is 0 Å². The van der Waals surface area contributed by atoms with E-state index >= 15 is 0 Å². The fourth-order valence-electron chi connectivity index (χ4n) is 5.85. The first-order chi connectivity index (χ1) is 16.9. The maximum atomic E-state index is 13.4. The van der Waals surface area contributed by atoms with Crippen LogP contribution in [0.3, 0.4) is 0 Å². The Morgan fingerprint density at radius 1 is 0.829 bits per heavy atom. The van der Waals surface area contributed by atoms with Crippen LogP contribution < -0.4 is 4.90 Å². The molecular weight excluding hydrogens is 450 g/mol. The van der Waals surface area contributed by atoms with E-state index in [0.29, 0.717) is 11.7 Å². The van der Waals surface area contributed by atoms with Crippen molar-refractivity contribution in [3.05, 3.63) is 71.9 Å². The van der Waals surface area contributed by atoms with Crippen molar-refractivity contribution in [3.8, 4) is 11.4 Å². The van der Waals surface area contributed by atoms with Crippen LogP contribution in [0.4, 0.5) is 20.4 Å². The molecule has 2 aromatic heterocycles. The first-order valence-corrected chi connectivity index (χ1v) is 11.9. The van der Waals surface area contributed by atoms with E-state index < -0.39 is 0 Å². The molecule has 0 radical (unpaired) electrons. The van der Waals surface area contributed by atoms with E-state index in [1.54, 1.807) is 24.3 Å². The van der Waals surface area contributed by atoms with Gasteiger partial charge in [0.05, 0.1) is 0 Å². The van der Waals surface area contributed by atoms with Crippen molar-refractivity contribution in [3.63, 3.8) is 0 Å². The maximum Gasteiger partial charge on any atom is 0.233 e. The summed E-state index contributed by atoms with van der Waals surface area (Å²) in [5.74, 6) is 2.34. The fraction of sp³-hybridized carbons (Fsp3) is 0.385. The fourth-order valence-corrected chi connectivity index (χ4v) is 5.85. The molecule has 35 heavy (non-hydrogen) atoms. The molecule has 7 nitrogen and oxygen atoms in total. The number of halogens is 2. The Labute approximate surface area is 201 Å². The van der Waals surface area contributed by atoms with Gasteiger partial charge in [0.25, 0.3) is 0 Å². The van der Waals surface area contributed by atoms with Crippen LogP contribution in [0.1, 0.15) is 50.2 Å². The summed E-state index contributed by atoms with van der Waals surface area (Å²) in [5, 5.41) is 13.3. The van der Waals surface area contributed by atoms with Crippen molar-refractivity contribution in [2.75, 3.05) is 11.9 Å². The number of nitrogens with zero attached hydrogens (tertiary/aromatic N) is 6. The van der Waals surface area contributed by atoms with Gasteiger partial charge in [-0.05, 0) is 87.1 Å². The minimum atomic E-state index is -0.289. The van der Waals surface area contributed by atoms with Gasteiger partial charge >= 0.3 is 0 Å². The van der Waals surface area contributed by atoms with Gasteiger partial charge in [-0.3, -0.25) is 4.57 Å². The summed E-state index contributed by atoms with van der Waals surface area (Å²) < 4.78 is 34.4. The zero-order chi connectivity index (χ0) is 24.2. The third-order valence-electron chi connectivity index (χ3n) is 8.07. The third-order valence-corrected chi connectivity index (χ3v) is 8.07. The molecule has 0 unspecified atom stereocenters. The van der Waals surface area contributed by atoms with Crippen LogP contribution in [0.2, 0.25) is 0 Å². The first kappa shape index (κ1) is 21.9. The highest BCUT2D eigenvalue weighted by atomic mass is 19.1. The Morgan fingerprint density at radius 2 is 1.40 bits per heavy atom. The molecule has 2 bridgehead atoms. The van der Waals surface area contributed by atoms with Crippen molar-refractivity contribution in [2.24, 2.45) is 7.05 Å². The van der Waals surface area contributed by atoms with Crippen molar-refractivity contribution >= 4 is 11.6 Å². The zero-order valence-electron chi connectivity index (χ0n) is 19.7. The number of rotatable bonds is 5. The zero-order valence-corrected chi connectivity index (χ0v) is 19.7. The largest absolute Gasteiger partial charge is 0.338 e. The molecule has 3 aliphatic rings. The van der Waals surface area contributed by atoms with Crippen LogP contribution in [0.25, 0.3) is 11.4 Å². The predicted octanol–water partition coefficient (Wildman–Crippen LogP) is 5.45. The lowest BCUT2D eigenvalue weighted by molar-refractivity contribution is 0.0689. The number of anilines is 2. The Kier molecular flexibility index (Phi) is 4.98. The second-order valence-electron chi connectivity index (χ2n) is 9.91. The number of benzene rings is 2. The lowest BCUT2D eigenvalue weighted by Gasteiger charge is -2.51. The minimum Gasteiger partial charge on any atom is -0.338 e. The van der Waals surface area contributed by atoms with Gasteiger partial charge in [-0.25, -0.2) is 8.78 Å². The first-order valence-electron chi connectivity index (χ1n) is 11.9. The van der Waals surface area contributed by atoms with Gasteiger partial charge in [-0.2, -0.15) is 4.98 Å². The van der Waals surface area contributed by atoms with E-state index in [4.69, 9.17) is 9.51 Å². The van der Waals surface area contributed by atoms with Crippen LogP contribution in [0.5, 0.6) is 0 Å². The van der Waals surface area contributed by atoms with E-state index in [2.05, 4.69) is 19.9 Å². The Bertz CT molecular complexity index is 1340. The van der Waals surface area contributed by atoms with E-state index in [0.717, 1.165) is 61.5 Å². The summed E-state index contributed by atoms with van der Waals surface area (Å²) in [6.45, 7) is 0. The van der Waals surface area contributed by atoms with Gasteiger partial charge < -0.3 is 9.42 Å². The molecule has 180 valence electrons. The molecule has 0 spiro atoms. The number of fused-ring (bicyclic) bond motifs is 3. The van der Waals surface area contributed by atoms with E-state index in [1.807, 2.05) is 19.0 Å². The van der Waals surface area contributed by atoms with Crippen molar-refractivity contribution in [1.82, 2.24) is 24.9 Å². The Hall–Kier alpha value is -3.62. The summed E-state index contributed by atoms with van der Waals surface area (Å²) >= 11 is 0. The SMILES string of the molecule is CN(c1ccc(F)cc1)c1nnc(C23CCC(c4nc(-c5ccc(F)cc5)no4)(CC2)CC3)n1C. The lowest BCUT2D eigenvalue weighted by Crippen LogP contribution is -2.47. The molecule has 7 rings (SSSR count). The summed E-state index contributed by atoms with van der Waals surface area (Å²) in [5.41, 5.74) is 1.44. The minimum absolute atomic E-state index is 0.0365. The quantitative estimate of drug-likeness (QED) is 0.381. The summed E-state index contributed by atoms with van der Waals surface area (Å²) in [4.78, 5) is 6.64. The molecule has 2 heterocycles. The molecule has 4 aromatic rings. The lowest BCUT2D eigenvalue weighted by atomic mass is 9.53. The van der Waals surface area contributed by atoms with E-state index in [1.165, 1.54) is 24.3 Å². The van der Waals surface area contributed by atoms with Crippen LogP contribution in [-0.2, 0) is 17.9 Å². The summed E-state index contributed by atoms with van der Waals surface area (Å²) in [6, 6.07) is 12.5. The molecule has 3 fully saturated rings. The van der Waals surface area contributed by atoms with E-state index in [-0.39, 0.29) is 22.5 Å². The van der Waals surface area contributed by atoms with Crippen LogP contribution >= 0.6 is 0 Å². The van der Waals surface area contributed by atoms with Crippen LogP contribution in [0.15, 0.2) is 53.1 Å². The van der Waals surface area contributed by atoms with Crippen molar-refractivity contribution in [2.45, 2.75) is 49.4 Å². The van der Waals surface area contributed by atoms with Crippen LogP contribution in [0, 0.1) is 11.6 Å². The molecule has 0 saturated heterocycles. The predicted molar refractivity (Wildman–Crippen MR) is 126 cm³/mol. The van der Waals surface area contributed by atoms with Gasteiger partial charge in [0.1, 0.15) is 17.5 Å². The molecule has 2 aromatic carbocycles. The highest BCUT2D eigenvalue weighted by Crippen LogP contribution is 2.58. The highest BCUT2D eigenvalue weighted by molar-refractivity contribution is 5.56. The van der Waals surface area contributed by atoms with Crippen molar-refractivity contribution in [1.29, 1.82) is 0 Å². The molecular formula is C26H26F2N6O. The number of hydrogen-bond acceptors (Lipinski definition) is 6. The second kappa shape index (κ2) is 7.96. The highest BCUT2D eigenvalue weighted by Gasteiger charge is 2.54. The van der Waals surface area contributed by atoms with Crippen molar-refractivity contribution < 1.29 is 13.3 Å². The van der Waals surface area contributed by atoms with Gasteiger partial charge in [0, 0.05) is 36.2 Å². The molecule has 3 aliphatic carbocycles. The second-order valence-corrected chi connectivity index (χ2v) is 9.91. The molecule has 0 amide bonds. The maximum absolute atomic E-state index is 13.4. The average Bonchev–Trinajstić information content (AvgIpc) is 3.54. The van der Waals surface area contributed by atoms with Gasteiger partial charge in [0.2, 0.25) is 17.7 Å². The Balaban J connectivity index is 1.22. The van der Waals surface area contributed by atoms with Gasteiger partial charge in [-0.1, -0.05) is 5.16 Å². The number of aromatic nitrogens is 5. The molecule has 3 saturated carbocycles. The standard InChI is InChI=1S/C26H26F2N6O/c1-33(20-9-7-19(28)8-10-20)24-31-30-22(34(24)2)25-11-14-26(15-12-25,16-13-25)23-29-21(32-35-23)17-3-5-18(27)6-4-17/h3-10H,11-16H2,1-2H3. The smallest absolute Gasteiger partial charge is 0.233 e. The van der Waals surface area contributed by atoms with E-state index in [9.17, 15) is 8.78 Å². The normalized spacial score (nSPS) is 23.5. The third kappa shape index (κ3) is 3.52. The molecule has 0 aliphatic heterocycles. The summed E-state index contributed by atoms with van der Waals surface area (Å²) in [6.07, 6.45) is 5.71. The monoisotopic (exact) mass is 476 g/mol. The molecule has 0 atom stereocenters. The average molecular weight is 477 g/mol. The topological polar surface area (TPSA) is 72.9 Å². The Morgan fingerprint density at radius 3 is 2.03 bits per heavy atom. The molecule has 9 heteroatoms. The number of hydrogen-bond donors (Lipinski definition) is 0. The van der Waals surface area contributed by atoms with Gasteiger partial charge in [-0.15, -0.1) is 10.2 Å². The van der Waals surface area contributed by atoms with Crippen LogP contribution in [-0.4, -0.2) is 32.0 Å².